The highest BCUT2D eigenvalue weighted by Crippen LogP contribution is 2.23. The Morgan fingerprint density at radius 3 is 2.47 bits per heavy atom. The van der Waals surface area contributed by atoms with Crippen molar-refractivity contribution in [3.05, 3.63) is 17.5 Å². The van der Waals surface area contributed by atoms with Crippen molar-refractivity contribution in [2.75, 3.05) is 7.05 Å². The molecule has 0 aromatic carbocycles. The molecule has 0 fully saturated rings. The number of carbonyl (C=O) groups excluding carboxylic acids is 1. The van der Waals surface area contributed by atoms with Crippen molar-refractivity contribution < 1.29 is 19.2 Å². The number of carboxylic acids is 1. The first-order valence-electron chi connectivity index (χ1n) is 6.38. The van der Waals surface area contributed by atoms with Gasteiger partial charge in [-0.05, 0) is 19.8 Å². The highest BCUT2D eigenvalue weighted by atomic mass is 16.5. The number of nitrogens with zero attached hydrogens (tertiary/aromatic N) is 2. The topological polar surface area (TPSA) is 83.6 Å². The lowest BCUT2D eigenvalue weighted by Gasteiger charge is -2.19. The lowest BCUT2D eigenvalue weighted by molar-refractivity contribution is -0.141. The lowest BCUT2D eigenvalue weighted by atomic mass is 9.99. The monoisotopic (exact) mass is 268 g/mol. The number of likely N-dealkylation sites (N-methyl/N-ethyl adjacent to an activating group) is 1. The van der Waals surface area contributed by atoms with Gasteiger partial charge in [0.1, 0.15) is 6.04 Å². The maximum absolute atomic E-state index is 12.0. The van der Waals surface area contributed by atoms with E-state index in [1.807, 2.05) is 13.8 Å². The summed E-state index contributed by atoms with van der Waals surface area (Å²) in [6, 6.07) is 0.694. The third-order valence-corrected chi connectivity index (χ3v) is 3.40. The SMILES string of the molecule is CCC(CC)c1cc(C(=O)N(C)C(C)C(=O)O)on1. The van der Waals surface area contributed by atoms with Gasteiger partial charge in [-0.25, -0.2) is 4.79 Å². The van der Waals surface area contributed by atoms with E-state index in [-0.39, 0.29) is 11.7 Å². The maximum Gasteiger partial charge on any atom is 0.326 e. The minimum atomic E-state index is -1.06. The van der Waals surface area contributed by atoms with Crippen LogP contribution in [-0.4, -0.2) is 40.1 Å². The number of carbonyl (C=O) groups is 2. The Bertz CT molecular complexity index is 451. The first-order chi connectivity index (χ1) is 8.92. The highest BCUT2D eigenvalue weighted by molar-refractivity contribution is 5.94. The number of hydrogen-bond donors (Lipinski definition) is 1. The van der Waals surface area contributed by atoms with Gasteiger partial charge in [-0.3, -0.25) is 4.79 Å². The van der Waals surface area contributed by atoms with E-state index < -0.39 is 17.9 Å². The average Bonchev–Trinajstić information content (AvgIpc) is 2.87. The summed E-state index contributed by atoms with van der Waals surface area (Å²) >= 11 is 0. The number of rotatable bonds is 6. The Morgan fingerprint density at radius 2 is 2.00 bits per heavy atom. The fourth-order valence-corrected chi connectivity index (χ4v) is 1.80. The highest BCUT2D eigenvalue weighted by Gasteiger charge is 2.26. The molecule has 106 valence electrons. The average molecular weight is 268 g/mol. The predicted molar refractivity (Wildman–Crippen MR) is 69.0 cm³/mol. The molecule has 19 heavy (non-hydrogen) atoms. The second-order valence-electron chi connectivity index (χ2n) is 4.56. The second kappa shape index (κ2) is 6.36. The lowest BCUT2D eigenvalue weighted by Crippen LogP contribution is -2.40. The summed E-state index contributed by atoms with van der Waals surface area (Å²) in [7, 11) is 1.43. The minimum absolute atomic E-state index is 0.0810. The van der Waals surface area contributed by atoms with Crippen molar-refractivity contribution in [1.29, 1.82) is 0 Å². The molecular weight excluding hydrogens is 248 g/mol. The molecule has 1 aromatic heterocycles. The molecule has 0 radical (unpaired) electrons. The molecule has 0 saturated heterocycles. The van der Waals surface area contributed by atoms with E-state index in [1.54, 1.807) is 6.07 Å². The zero-order valence-corrected chi connectivity index (χ0v) is 11.7. The predicted octanol–water partition coefficient (Wildman–Crippen LogP) is 2.12. The van der Waals surface area contributed by atoms with Gasteiger partial charge in [-0.2, -0.15) is 0 Å². The van der Waals surface area contributed by atoms with Gasteiger partial charge in [-0.15, -0.1) is 0 Å². The molecule has 1 N–H and O–H groups in total. The van der Waals surface area contributed by atoms with Gasteiger partial charge in [0, 0.05) is 19.0 Å². The van der Waals surface area contributed by atoms with Crippen molar-refractivity contribution in [3.8, 4) is 0 Å². The van der Waals surface area contributed by atoms with Gasteiger partial charge in [0.15, 0.2) is 0 Å². The standard InChI is InChI=1S/C13H20N2O4/c1-5-9(6-2)10-7-11(19-14-10)12(16)15(4)8(3)13(17)18/h7-9H,5-6H2,1-4H3,(H,17,18). The summed E-state index contributed by atoms with van der Waals surface area (Å²) in [5.41, 5.74) is 0.740. The molecule has 6 nitrogen and oxygen atoms in total. The Kier molecular flexibility index (Phi) is 5.09. The quantitative estimate of drug-likeness (QED) is 0.854. The van der Waals surface area contributed by atoms with Gasteiger partial charge < -0.3 is 14.5 Å². The molecule has 1 unspecified atom stereocenters. The number of carboxylic acid groups (broad SMARTS) is 1. The van der Waals surface area contributed by atoms with Crippen LogP contribution in [0.5, 0.6) is 0 Å². The molecule has 0 aliphatic rings. The van der Waals surface area contributed by atoms with Gasteiger partial charge in [0.25, 0.3) is 5.91 Å². The summed E-state index contributed by atoms with van der Waals surface area (Å²) in [6.07, 6.45) is 1.83. The molecule has 1 atom stereocenters. The van der Waals surface area contributed by atoms with Crippen molar-refractivity contribution >= 4 is 11.9 Å². The molecule has 0 aliphatic heterocycles. The number of hydrogen-bond acceptors (Lipinski definition) is 4. The van der Waals surface area contributed by atoms with Crippen LogP contribution >= 0.6 is 0 Å². The van der Waals surface area contributed by atoms with E-state index in [0.717, 1.165) is 23.4 Å². The molecular formula is C13H20N2O4. The second-order valence-corrected chi connectivity index (χ2v) is 4.56. The molecule has 1 amide bonds. The molecule has 0 saturated carbocycles. The Balaban J connectivity index is 2.87. The maximum atomic E-state index is 12.0. The third-order valence-electron chi connectivity index (χ3n) is 3.40. The van der Waals surface area contributed by atoms with Crippen LogP contribution in [0.4, 0.5) is 0 Å². The van der Waals surface area contributed by atoms with Crippen LogP contribution in [0, 0.1) is 0 Å². The number of aliphatic carboxylic acids is 1. The van der Waals surface area contributed by atoms with E-state index in [0.29, 0.717) is 0 Å². The number of aromatic nitrogens is 1. The smallest absolute Gasteiger partial charge is 0.326 e. The molecule has 1 rings (SSSR count). The first kappa shape index (κ1) is 15.2. The van der Waals surface area contributed by atoms with Crippen molar-refractivity contribution in [2.24, 2.45) is 0 Å². The van der Waals surface area contributed by atoms with E-state index in [9.17, 15) is 9.59 Å². The van der Waals surface area contributed by atoms with Crippen LogP contribution in [0.15, 0.2) is 10.6 Å². The zero-order valence-electron chi connectivity index (χ0n) is 11.7. The normalized spacial score (nSPS) is 12.5. The fraction of sp³-hybridized carbons (Fsp3) is 0.615. The summed E-state index contributed by atoms with van der Waals surface area (Å²) in [6.45, 7) is 5.53. The summed E-state index contributed by atoms with van der Waals surface area (Å²) < 4.78 is 5.03. The van der Waals surface area contributed by atoms with Crippen molar-refractivity contribution in [2.45, 2.75) is 45.6 Å². The van der Waals surface area contributed by atoms with Gasteiger partial charge >= 0.3 is 5.97 Å². The molecule has 0 bridgehead atoms. The van der Waals surface area contributed by atoms with E-state index in [4.69, 9.17) is 9.63 Å². The van der Waals surface area contributed by atoms with E-state index in [2.05, 4.69) is 5.16 Å². The van der Waals surface area contributed by atoms with E-state index >= 15 is 0 Å². The third kappa shape index (κ3) is 3.33. The van der Waals surface area contributed by atoms with Gasteiger partial charge in [-0.1, -0.05) is 19.0 Å². The van der Waals surface area contributed by atoms with Crippen LogP contribution in [0.25, 0.3) is 0 Å². The molecule has 6 heteroatoms. The molecule has 0 aliphatic carbocycles. The van der Waals surface area contributed by atoms with E-state index in [1.165, 1.54) is 14.0 Å². The van der Waals surface area contributed by atoms with Crippen molar-refractivity contribution in [3.63, 3.8) is 0 Å². The Hall–Kier alpha value is -1.85. The van der Waals surface area contributed by atoms with Crippen LogP contribution in [0.1, 0.15) is 55.8 Å². The largest absolute Gasteiger partial charge is 0.480 e. The molecule has 1 aromatic rings. The van der Waals surface area contributed by atoms with Crippen LogP contribution in [0.2, 0.25) is 0 Å². The summed E-state index contributed by atoms with van der Waals surface area (Å²) in [5.74, 6) is -1.19. The molecule has 0 spiro atoms. The fourth-order valence-electron chi connectivity index (χ4n) is 1.80. The molecule has 1 heterocycles. The summed E-state index contributed by atoms with van der Waals surface area (Å²) in [4.78, 5) is 24.0. The zero-order chi connectivity index (χ0) is 14.6. The van der Waals surface area contributed by atoms with Crippen molar-refractivity contribution in [1.82, 2.24) is 10.1 Å². The van der Waals surface area contributed by atoms with Crippen LogP contribution in [0.3, 0.4) is 0 Å². The van der Waals surface area contributed by atoms with Crippen LogP contribution < -0.4 is 0 Å². The van der Waals surface area contributed by atoms with Gasteiger partial charge in [0.2, 0.25) is 5.76 Å². The summed E-state index contributed by atoms with van der Waals surface area (Å²) in [5, 5.41) is 12.8. The number of amides is 1. The first-order valence-corrected chi connectivity index (χ1v) is 6.38. The Morgan fingerprint density at radius 1 is 1.42 bits per heavy atom. The van der Waals surface area contributed by atoms with Crippen LogP contribution in [-0.2, 0) is 4.79 Å². The van der Waals surface area contributed by atoms with Gasteiger partial charge in [0.05, 0.1) is 5.69 Å². The Labute approximate surface area is 112 Å². The minimum Gasteiger partial charge on any atom is -0.480 e.